The standard InChI is InChI=1S/C6H12N2O4S2.C5H11NO2S.C3H7NO2S.2Zn/c7-3(5(9)10)1-13-14-2-4(8)6(11)12;1-9-3-2-4(6)5(7)8;4-2(1-7)3(5)6;;/h3-4H,1-2,7-8H2,(H,9,10)(H,11,12);4H,2-3,6H2,1H3,(H,7,8);2,7H,1,4H2,(H,5,6);;/q;;;2*+2/p-4/t3-,4?;4-;2-;;/m000../s1. The van der Waals surface area contributed by atoms with Gasteiger partial charge in [0.25, 0.3) is 0 Å². The molecule has 8 N–H and O–H groups in total. The molecule has 0 aromatic rings. The van der Waals surface area contributed by atoms with E-state index >= 15 is 0 Å². The third kappa shape index (κ3) is 30.4. The van der Waals surface area contributed by atoms with Crippen molar-refractivity contribution in [3.8, 4) is 0 Å². The van der Waals surface area contributed by atoms with E-state index in [-0.39, 0.29) is 56.2 Å². The zero-order valence-electron chi connectivity index (χ0n) is 17.5. The summed E-state index contributed by atoms with van der Waals surface area (Å²) in [5, 5.41) is 39.9. The number of hydrogen-bond acceptors (Lipinski definition) is 16. The topological polar surface area (TPSA) is 265 Å². The normalized spacial score (nSPS) is 13.1. The summed E-state index contributed by atoms with van der Waals surface area (Å²) < 4.78 is 0. The fraction of sp³-hybridized carbons (Fsp3) is 0.714. The first kappa shape index (κ1) is 42.5. The van der Waals surface area contributed by atoms with Crippen molar-refractivity contribution in [2.75, 3.05) is 29.3 Å². The Kier molecular flexibility index (Phi) is 36.7. The Labute approximate surface area is 229 Å². The molecule has 0 saturated carbocycles. The Morgan fingerprint density at radius 1 is 0.719 bits per heavy atom. The summed E-state index contributed by atoms with van der Waals surface area (Å²) in [6.07, 6.45) is 2.39. The van der Waals surface area contributed by atoms with E-state index in [0.29, 0.717) is 6.42 Å². The summed E-state index contributed by atoms with van der Waals surface area (Å²) in [4.78, 5) is 39.9. The van der Waals surface area contributed by atoms with Gasteiger partial charge < -0.3 is 62.5 Å². The van der Waals surface area contributed by atoms with E-state index in [1.165, 1.54) is 0 Å². The summed E-state index contributed by atoms with van der Waals surface area (Å²) in [6, 6.07) is -3.82. The number of thiol groups is 1. The van der Waals surface area contributed by atoms with Gasteiger partial charge in [-0.3, -0.25) is 0 Å². The van der Waals surface area contributed by atoms with E-state index in [1.54, 1.807) is 11.8 Å². The molecule has 0 aliphatic carbocycles. The maximum absolute atomic E-state index is 10.1. The Hall–Kier alpha value is 0.367. The second kappa shape index (κ2) is 27.6. The molecule has 12 nitrogen and oxygen atoms in total. The maximum Gasteiger partial charge on any atom is 2.00 e. The van der Waals surface area contributed by atoms with Gasteiger partial charge in [0.05, 0.1) is 42.0 Å². The van der Waals surface area contributed by atoms with Crippen molar-refractivity contribution >= 4 is 69.9 Å². The summed E-state index contributed by atoms with van der Waals surface area (Å²) >= 11 is 5.19. The van der Waals surface area contributed by atoms with Crippen molar-refractivity contribution in [3.05, 3.63) is 0 Å². The number of rotatable bonds is 13. The van der Waals surface area contributed by atoms with E-state index in [2.05, 4.69) is 12.6 Å². The van der Waals surface area contributed by atoms with Crippen LogP contribution in [-0.4, -0.2) is 77.3 Å². The molecule has 1 unspecified atom stereocenters. The van der Waals surface area contributed by atoms with Gasteiger partial charge in [-0.15, -0.1) is 0 Å². The molecule has 0 aliphatic rings. The van der Waals surface area contributed by atoms with Crippen LogP contribution in [0.5, 0.6) is 0 Å². The Morgan fingerprint density at radius 2 is 1.03 bits per heavy atom. The quantitative estimate of drug-likeness (QED) is 0.0544. The largest absolute Gasteiger partial charge is 2.00 e. The average Bonchev–Trinajstić information content (AvgIpc) is 2.68. The molecule has 0 radical (unpaired) electrons. The zero-order chi connectivity index (χ0) is 24.3. The SMILES string of the molecule is CSCC[C@H](N)C(=O)[O-].NC(CSSC[C@H](N)C(=O)[O-])C(=O)[O-].N[C@@H](CS)C(=O)[O-].[Zn+2].[Zn+2]. The van der Waals surface area contributed by atoms with Crippen molar-refractivity contribution in [3.63, 3.8) is 0 Å². The molecule has 0 aromatic carbocycles. The molecule has 0 saturated heterocycles. The number of nitrogens with two attached hydrogens (primary N) is 4. The zero-order valence-corrected chi connectivity index (χ0v) is 26.8. The van der Waals surface area contributed by atoms with Gasteiger partial charge in [-0.2, -0.15) is 24.4 Å². The van der Waals surface area contributed by atoms with Gasteiger partial charge in [-0.25, -0.2) is 0 Å². The fourth-order valence-corrected chi connectivity index (χ4v) is 3.67. The van der Waals surface area contributed by atoms with Gasteiger partial charge in [0.2, 0.25) is 0 Å². The van der Waals surface area contributed by atoms with Crippen molar-refractivity contribution in [2.24, 2.45) is 22.9 Å². The molecule has 0 fully saturated rings. The predicted molar refractivity (Wildman–Crippen MR) is 114 cm³/mol. The van der Waals surface area contributed by atoms with E-state index in [9.17, 15) is 39.6 Å². The van der Waals surface area contributed by atoms with Crippen LogP contribution in [0.2, 0.25) is 0 Å². The second-order valence-electron chi connectivity index (χ2n) is 5.24. The summed E-state index contributed by atoms with van der Waals surface area (Å²) in [5.74, 6) is -3.89. The van der Waals surface area contributed by atoms with Crippen LogP contribution in [-0.2, 0) is 58.1 Å². The molecule has 0 amide bonds. The number of aliphatic carboxylic acids is 4. The number of carboxylic acid groups (broad SMARTS) is 4. The van der Waals surface area contributed by atoms with Gasteiger partial charge in [-0.1, -0.05) is 21.6 Å². The molecule has 0 bridgehead atoms. The predicted octanol–water partition coefficient (Wildman–Crippen LogP) is -6.67. The molecular formula is C14H26N4O8S4Zn2. The first-order valence-corrected chi connectivity index (χ1v) is 12.5. The van der Waals surface area contributed by atoms with Gasteiger partial charge in [0, 0.05) is 23.3 Å². The van der Waals surface area contributed by atoms with Gasteiger partial charge in [-0.05, 0) is 18.4 Å². The number of carbonyl (C=O) groups is 4. The molecule has 178 valence electrons. The van der Waals surface area contributed by atoms with Crippen LogP contribution >= 0.6 is 46.0 Å². The Morgan fingerprint density at radius 3 is 1.22 bits per heavy atom. The molecule has 18 heteroatoms. The number of carboxylic acids is 4. The van der Waals surface area contributed by atoms with Gasteiger partial charge >= 0.3 is 39.0 Å². The van der Waals surface area contributed by atoms with E-state index < -0.39 is 48.0 Å². The van der Waals surface area contributed by atoms with Crippen LogP contribution in [0.4, 0.5) is 0 Å². The molecule has 0 heterocycles. The van der Waals surface area contributed by atoms with Crippen molar-refractivity contribution in [1.29, 1.82) is 0 Å². The van der Waals surface area contributed by atoms with Crippen molar-refractivity contribution in [1.82, 2.24) is 0 Å². The average molecular weight is 637 g/mol. The van der Waals surface area contributed by atoms with Crippen LogP contribution in [0.3, 0.4) is 0 Å². The molecule has 32 heavy (non-hydrogen) atoms. The maximum atomic E-state index is 10.1. The number of carbonyl (C=O) groups excluding carboxylic acids is 4. The minimum Gasteiger partial charge on any atom is -0.548 e. The first-order chi connectivity index (χ1) is 13.8. The van der Waals surface area contributed by atoms with E-state index in [4.69, 9.17) is 22.9 Å². The fourth-order valence-electron chi connectivity index (χ4n) is 0.816. The third-order valence-electron chi connectivity index (χ3n) is 2.62. The third-order valence-corrected chi connectivity index (χ3v) is 6.13. The molecular weight excluding hydrogens is 611 g/mol. The van der Waals surface area contributed by atoms with Crippen molar-refractivity contribution in [2.45, 2.75) is 30.6 Å². The summed E-state index contributed by atoms with van der Waals surface area (Å²) in [5.41, 5.74) is 20.3. The van der Waals surface area contributed by atoms with Crippen LogP contribution in [0, 0.1) is 0 Å². The van der Waals surface area contributed by atoms with Crippen LogP contribution < -0.4 is 43.4 Å². The molecule has 0 rings (SSSR count). The van der Waals surface area contributed by atoms with Crippen LogP contribution in [0.25, 0.3) is 0 Å². The van der Waals surface area contributed by atoms with Crippen LogP contribution in [0.1, 0.15) is 6.42 Å². The summed E-state index contributed by atoms with van der Waals surface area (Å²) in [7, 11) is 2.27. The van der Waals surface area contributed by atoms with E-state index in [1.807, 2.05) is 6.26 Å². The first-order valence-electron chi connectivity index (χ1n) is 8.01. The number of hydrogen-bond donors (Lipinski definition) is 5. The minimum absolute atomic E-state index is 0. The number of thioether (sulfide) groups is 1. The Balaban J connectivity index is -0.000000118. The molecule has 0 aliphatic heterocycles. The van der Waals surface area contributed by atoms with Gasteiger partial charge in [0.1, 0.15) is 0 Å². The Bertz CT molecular complexity index is 507. The van der Waals surface area contributed by atoms with E-state index in [0.717, 1.165) is 27.3 Å². The summed E-state index contributed by atoms with van der Waals surface area (Å²) in [6.45, 7) is 0. The minimum atomic E-state index is -1.33. The molecule has 0 aromatic heterocycles. The van der Waals surface area contributed by atoms with Crippen LogP contribution in [0.15, 0.2) is 0 Å². The molecule has 0 spiro atoms. The van der Waals surface area contributed by atoms with Gasteiger partial charge in [0.15, 0.2) is 0 Å². The van der Waals surface area contributed by atoms with Crippen molar-refractivity contribution < 1.29 is 78.6 Å². The monoisotopic (exact) mass is 634 g/mol. The second-order valence-corrected chi connectivity index (χ2v) is 9.14. The molecule has 4 atom stereocenters. The smallest absolute Gasteiger partial charge is 0.548 e.